The molecule has 0 amide bonds. The number of aliphatic carboxylic acids is 1. The van der Waals surface area contributed by atoms with Crippen LogP contribution in [-0.4, -0.2) is 11.1 Å². The maximum absolute atomic E-state index is 10.8. The zero-order valence-electron chi connectivity index (χ0n) is 9.95. The van der Waals surface area contributed by atoms with Gasteiger partial charge in [0.25, 0.3) is 0 Å². The lowest BCUT2D eigenvalue weighted by atomic mass is 9.78. The molecule has 16 heavy (non-hydrogen) atoms. The van der Waals surface area contributed by atoms with E-state index in [1.807, 2.05) is 0 Å². The van der Waals surface area contributed by atoms with E-state index in [0.717, 1.165) is 12.3 Å². The van der Waals surface area contributed by atoms with Crippen molar-refractivity contribution in [3.05, 3.63) is 11.6 Å². The van der Waals surface area contributed by atoms with Gasteiger partial charge < -0.3 is 5.11 Å². The van der Waals surface area contributed by atoms with E-state index in [4.69, 9.17) is 5.11 Å². The van der Waals surface area contributed by atoms with Crippen LogP contribution in [0.2, 0.25) is 0 Å². The smallest absolute Gasteiger partial charge is 0.328 e. The molecule has 0 aliphatic heterocycles. The molecule has 0 aromatic rings. The summed E-state index contributed by atoms with van der Waals surface area (Å²) in [6, 6.07) is 0. The van der Waals surface area contributed by atoms with Crippen molar-refractivity contribution >= 4 is 5.97 Å². The van der Waals surface area contributed by atoms with Gasteiger partial charge in [0.2, 0.25) is 0 Å². The van der Waals surface area contributed by atoms with Gasteiger partial charge in [-0.25, -0.2) is 4.79 Å². The predicted octanol–water partition coefficient (Wildman–Crippen LogP) is 3.77. The molecule has 1 unspecified atom stereocenters. The second kappa shape index (κ2) is 5.51. The summed E-state index contributed by atoms with van der Waals surface area (Å²) in [5.41, 5.74) is 1.21. The monoisotopic (exact) mass is 222 g/mol. The highest BCUT2D eigenvalue weighted by molar-refractivity contribution is 5.80. The molecule has 0 heterocycles. The van der Waals surface area contributed by atoms with Crippen molar-refractivity contribution in [2.45, 2.75) is 57.8 Å². The summed E-state index contributed by atoms with van der Waals surface area (Å²) in [6.45, 7) is 0. The highest BCUT2D eigenvalue weighted by Gasteiger charge is 2.25. The van der Waals surface area contributed by atoms with Gasteiger partial charge in [-0.3, -0.25) is 0 Å². The molecule has 2 aliphatic rings. The van der Waals surface area contributed by atoms with Gasteiger partial charge >= 0.3 is 5.97 Å². The fourth-order valence-electron chi connectivity index (χ4n) is 3.38. The van der Waals surface area contributed by atoms with E-state index in [1.54, 1.807) is 0 Å². The van der Waals surface area contributed by atoms with Gasteiger partial charge in [-0.05, 0) is 37.5 Å². The normalized spacial score (nSPS) is 29.8. The third kappa shape index (κ3) is 3.10. The number of allylic oxidation sites excluding steroid dienone is 1. The molecular formula is C14H22O2. The average Bonchev–Trinajstić information content (AvgIpc) is 2.73. The maximum Gasteiger partial charge on any atom is 0.328 e. The van der Waals surface area contributed by atoms with Gasteiger partial charge in [0.15, 0.2) is 0 Å². The van der Waals surface area contributed by atoms with Crippen LogP contribution in [0.5, 0.6) is 0 Å². The fraction of sp³-hybridized carbons (Fsp3) is 0.786. The standard InChI is InChI=1S/C14H22O2/c15-14(16)10-13-8-4-3-7-12(13)9-11-5-1-2-6-11/h10-12H,1-9H2,(H,15,16)/b13-10+. The van der Waals surface area contributed by atoms with E-state index in [1.165, 1.54) is 63.0 Å². The predicted molar refractivity (Wildman–Crippen MR) is 64.3 cm³/mol. The highest BCUT2D eigenvalue weighted by atomic mass is 16.4. The van der Waals surface area contributed by atoms with E-state index in [9.17, 15) is 4.79 Å². The first-order valence-electron chi connectivity index (χ1n) is 6.69. The Morgan fingerprint density at radius 2 is 1.88 bits per heavy atom. The Bertz CT molecular complexity index is 274. The number of rotatable bonds is 3. The summed E-state index contributed by atoms with van der Waals surface area (Å²) in [7, 11) is 0. The SMILES string of the molecule is O=C(O)/C=C1\CCCCC1CC1CCCC1. The molecule has 2 rings (SSSR count). The summed E-state index contributed by atoms with van der Waals surface area (Å²) in [5.74, 6) is 0.696. The molecule has 0 saturated heterocycles. The third-order valence-corrected chi connectivity index (χ3v) is 4.19. The Kier molecular flexibility index (Phi) is 4.03. The molecule has 2 nitrogen and oxygen atoms in total. The van der Waals surface area contributed by atoms with Crippen molar-refractivity contribution in [2.75, 3.05) is 0 Å². The van der Waals surface area contributed by atoms with Gasteiger partial charge in [0, 0.05) is 6.08 Å². The second-order valence-corrected chi connectivity index (χ2v) is 5.39. The lowest BCUT2D eigenvalue weighted by Gasteiger charge is -2.27. The molecule has 2 heteroatoms. The van der Waals surface area contributed by atoms with Crippen LogP contribution in [0, 0.1) is 11.8 Å². The maximum atomic E-state index is 10.8. The minimum atomic E-state index is -0.756. The van der Waals surface area contributed by atoms with Crippen molar-refractivity contribution < 1.29 is 9.90 Å². The first-order chi connectivity index (χ1) is 7.75. The first-order valence-corrected chi connectivity index (χ1v) is 6.69. The third-order valence-electron chi connectivity index (χ3n) is 4.19. The minimum absolute atomic E-state index is 0.577. The Labute approximate surface area is 97.7 Å². The largest absolute Gasteiger partial charge is 0.478 e. The van der Waals surface area contributed by atoms with E-state index in [-0.39, 0.29) is 0 Å². The molecule has 90 valence electrons. The number of hydrogen-bond acceptors (Lipinski definition) is 1. The topological polar surface area (TPSA) is 37.3 Å². The first kappa shape index (κ1) is 11.7. The van der Waals surface area contributed by atoms with Crippen LogP contribution in [0.3, 0.4) is 0 Å². The molecule has 0 bridgehead atoms. The van der Waals surface area contributed by atoms with Crippen molar-refractivity contribution in [3.8, 4) is 0 Å². The summed E-state index contributed by atoms with van der Waals surface area (Å²) in [5, 5.41) is 8.87. The summed E-state index contributed by atoms with van der Waals surface area (Å²) >= 11 is 0. The summed E-state index contributed by atoms with van der Waals surface area (Å²) in [6.07, 6.45) is 12.9. The van der Waals surface area contributed by atoms with E-state index in [0.29, 0.717) is 5.92 Å². The zero-order chi connectivity index (χ0) is 11.4. The fourth-order valence-corrected chi connectivity index (χ4v) is 3.38. The van der Waals surface area contributed by atoms with Crippen LogP contribution in [-0.2, 0) is 4.79 Å². The van der Waals surface area contributed by atoms with Crippen molar-refractivity contribution in [3.63, 3.8) is 0 Å². The molecule has 2 fully saturated rings. The number of hydrogen-bond donors (Lipinski definition) is 1. The van der Waals surface area contributed by atoms with E-state index in [2.05, 4.69) is 0 Å². The lowest BCUT2D eigenvalue weighted by Crippen LogP contribution is -2.15. The van der Waals surface area contributed by atoms with Gasteiger partial charge in [0.1, 0.15) is 0 Å². The Balaban J connectivity index is 1.95. The molecule has 0 spiro atoms. The van der Waals surface area contributed by atoms with Crippen LogP contribution in [0.4, 0.5) is 0 Å². The lowest BCUT2D eigenvalue weighted by molar-refractivity contribution is -0.131. The van der Waals surface area contributed by atoms with Gasteiger partial charge in [-0.2, -0.15) is 0 Å². The van der Waals surface area contributed by atoms with Gasteiger partial charge in [-0.1, -0.05) is 37.7 Å². The number of carboxylic acid groups (broad SMARTS) is 1. The van der Waals surface area contributed by atoms with Crippen LogP contribution >= 0.6 is 0 Å². The highest BCUT2D eigenvalue weighted by Crippen LogP contribution is 2.38. The molecule has 2 saturated carbocycles. The van der Waals surface area contributed by atoms with Crippen LogP contribution in [0.15, 0.2) is 11.6 Å². The minimum Gasteiger partial charge on any atom is -0.478 e. The number of carboxylic acids is 1. The van der Waals surface area contributed by atoms with Crippen LogP contribution < -0.4 is 0 Å². The average molecular weight is 222 g/mol. The molecule has 0 aromatic carbocycles. The molecular weight excluding hydrogens is 200 g/mol. The summed E-state index contributed by atoms with van der Waals surface area (Å²) in [4.78, 5) is 10.8. The molecule has 0 radical (unpaired) electrons. The molecule has 1 atom stereocenters. The second-order valence-electron chi connectivity index (χ2n) is 5.39. The van der Waals surface area contributed by atoms with Gasteiger partial charge in [0.05, 0.1) is 0 Å². The zero-order valence-corrected chi connectivity index (χ0v) is 9.95. The van der Waals surface area contributed by atoms with Crippen LogP contribution in [0.1, 0.15) is 57.8 Å². The van der Waals surface area contributed by atoms with Crippen LogP contribution in [0.25, 0.3) is 0 Å². The van der Waals surface area contributed by atoms with E-state index < -0.39 is 5.97 Å². The molecule has 1 N–H and O–H groups in total. The Hall–Kier alpha value is -0.790. The van der Waals surface area contributed by atoms with Crippen molar-refractivity contribution in [2.24, 2.45) is 11.8 Å². The quantitative estimate of drug-likeness (QED) is 0.738. The van der Waals surface area contributed by atoms with Crippen molar-refractivity contribution in [1.29, 1.82) is 0 Å². The van der Waals surface area contributed by atoms with Crippen molar-refractivity contribution in [1.82, 2.24) is 0 Å². The molecule has 2 aliphatic carbocycles. The Morgan fingerprint density at radius 3 is 2.56 bits per heavy atom. The van der Waals surface area contributed by atoms with Gasteiger partial charge in [-0.15, -0.1) is 0 Å². The molecule has 0 aromatic heterocycles. The summed E-state index contributed by atoms with van der Waals surface area (Å²) < 4.78 is 0. The Morgan fingerprint density at radius 1 is 1.19 bits per heavy atom. The number of carbonyl (C=O) groups is 1. The van der Waals surface area contributed by atoms with E-state index >= 15 is 0 Å².